The van der Waals surface area contributed by atoms with Crippen molar-refractivity contribution >= 4 is 17.7 Å². The van der Waals surface area contributed by atoms with E-state index in [1.165, 1.54) is 6.92 Å². The van der Waals surface area contributed by atoms with E-state index < -0.39 is 0 Å². The Morgan fingerprint density at radius 3 is 3.00 bits per heavy atom. The molecule has 1 aromatic heterocycles. The molecule has 1 amide bonds. The quantitative estimate of drug-likeness (QED) is 0.758. The number of nitrogens with two attached hydrogens (primary N) is 1. The van der Waals surface area contributed by atoms with Crippen LogP contribution in [-0.2, 0) is 4.79 Å². The van der Waals surface area contributed by atoms with Gasteiger partial charge in [-0.25, -0.2) is 4.98 Å². The number of carbonyl (C=O) groups excluding carboxylic acids is 1. The number of anilines is 2. The molecule has 0 spiro atoms. The van der Waals surface area contributed by atoms with Crippen LogP contribution in [0.1, 0.15) is 19.0 Å². The Morgan fingerprint density at radius 2 is 2.35 bits per heavy atom. The maximum absolute atomic E-state index is 11.0. The van der Waals surface area contributed by atoms with E-state index in [2.05, 4.69) is 20.2 Å². The second-order valence-corrected chi connectivity index (χ2v) is 4.36. The van der Waals surface area contributed by atoms with Crippen molar-refractivity contribution in [1.82, 2.24) is 15.3 Å². The number of nitrogens with one attached hydrogen (secondary N) is 1. The molecule has 92 valence electrons. The Kier molecular flexibility index (Phi) is 3.12. The summed E-state index contributed by atoms with van der Waals surface area (Å²) in [5.74, 6) is 1.14. The van der Waals surface area contributed by atoms with Crippen molar-refractivity contribution in [2.45, 2.75) is 26.3 Å². The third kappa shape index (κ3) is 2.83. The van der Waals surface area contributed by atoms with Gasteiger partial charge in [-0.2, -0.15) is 4.98 Å². The van der Waals surface area contributed by atoms with Gasteiger partial charge >= 0.3 is 0 Å². The molecule has 1 saturated heterocycles. The summed E-state index contributed by atoms with van der Waals surface area (Å²) < 4.78 is 0. The molecule has 1 aliphatic rings. The van der Waals surface area contributed by atoms with Gasteiger partial charge in [-0.05, 0) is 13.3 Å². The SMILES string of the molecule is CC(=O)NC1CCN(c2cc(C)nc(N)n2)C1. The van der Waals surface area contributed by atoms with Crippen LogP contribution in [0.25, 0.3) is 0 Å². The average Bonchev–Trinajstić information content (AvgIpc) is 2.63. The van der Waals surface area contributed by atoms with Gasteiger partial charge in [0.1, 0.15) is 5.82 Å². The maximum Gasteiger partial charge on any atom is 0.222 e. The van der Waals surface area contributed by atoms with Crippen LogP contribution in [0, 0.1) is 6.92 Å². The van der Waals surface area contributed by atoms with Crippen molar-refractivity contribution in [1.29, 1.82) is 0 Å². The largest absolute Gasteiger partial charge is 0.368 e. The lowest BCUT2D eigenvalue weighted by molar-refractivity contribution is -0.119. The molecule has 0 saturated carbocycles. The van der Waals surface area contributed by atoms with E-state index >= 15 is 0 Å². The van der Waals surface area contributed by atoms with Gasteiger partial charge in [0.05, 0.1) is 0 Å². The molecule has 0 aromatic carbocycles. The molecule has 1 unspecified atom stereocenters. The first kappa shape index (κ1) is 11.6. The van der Waals surface area contributed by atoms with Crippen LogP contribution >= 0.6 is 0 Å². The number of nitrogen functional groups attached to an aromatic ring is 1. The molecule has 3 N–H and O–H groups in total. The van der Waals surface area contributed by atoms with Crippen LogP contribution in [0.5, 0.6) is 0 Å². The first-order valence-electron chi connectivity index (χ1n) is 5.68. The van der Waals surface area contributed by atoms with Crippen molar-refractivity contribution < 1.29 is 4.79 Å². The number of nitrogens with zero attached hydrogens (tertiary/aromatic N) is 3. The number of hydrogen-bond acceptors (Lipinski definition) is 5. The predicted octanol–water partition coefficient (Wildman–Crippen LogP) is 0.0820. The zero-order valence-electron chi connectivity index (χ0n) is 10.1. The summed E-state index contributed by atoms with van der Waals surface area (Å²) in [4.78, 5) is 21.3. The molecule has 0 radical (unpaired) electrons. The number of amides is 1. The van der Waals surface area contributed by atoms with Gasteiger partial charge in [0.25, 0.3) is 0 Å². The normalized spacial score (nSPS) is 19.4. The van der Waals surface area contributed by atoms with E-state index in [9.17, 15) is 4.79 Å². The fraction of sp³-hybridized carbons (Fsp3) is 0.545. The second kappa shape index (κ2) is 4.57. The molecule has 17 heavy (non-hydrogen) atoms. The molecule has 1 fully saturated rings. The van der Waals surface area contributed by atoms with E-state index in [4.69, 9.17) is 5.73 Å². The van der Waals surface area contributed by atoms with Crippen molar-refractivity contribution in [3.05, 3.63) is 11.8 Å². The molecule has 6 nitrogen and oxygen atoms in total. The minimum absolute atomic E-state index is 0.00947. The Balaban J connectivity index is 2.07. The van der Waals surface area contributed by atoms with Crippen LogP contribution in [0.3, 0.4) is 0 Å². The molecular weight excluding hydrogens is 218 g/mol. The number of aromatic nitrogens is 2. The van der Waals surface area contributed by atoms with Crippen LogP contribution in [0.4, 0.5) is 11.8 Å². The van der Waals surface area contributed by atoms with Crippen LogP contribution < -0.4 is 16.0 Å². The highest BCUT2D eigenvalue weighted by molar-refractivity contribution is 5.73. The summed E-state index contributed by atoms with van der Waals surface area (Å²) in [6.45, 7) is 5.08. The summed E-state index contributed by atoms with van der Waals surface area (Å²) in [5, 5.41) is 2.92. The molecular formula is C11H17N5O. The summed E-state index contributed by atoms with van der Waals surface area (Å²) in [6.07, 6.45) is 0.933. The molecule has 2 heterocycles. The zero-order chi connectivity index (χ0) is 12.4. The predicted molar refractivity (Wildman–Crippen MR) is 65.6 cm³/mol. The highest BCUT2D eigenvalue weighted by Gasteiger charge is 2.24. The monoisotopic (exact) mass is 235 g/mol. The number of aryl methyl sites for hydroxylation is 1. The lowest BCUT2D eigenvalue weighted by atomic mass is 10.2. The van der Waals surface area contributed by atoms with Crippen molar-refractivity contribution in [3.8, 4) is 0 Å². The topological polar surface area (TPSA) is 84.1 Å². The van der Waals surface area contributed by atoms with E-state index in [1.54, 1.807) is 0 Å². The van der Waals surface area contributed by atoms with E-state index in [0.717, 1.165) is 31.0 Å². The first-order valence-corrected chi connectivity index (χ1v) is 5.68. The highest BCUT2D eigenvalue weighted by Crippen LogP contribution is 2.19. The van der Waals surface area contributed by atoms with Gasteiger partial charge in [-0.3, -0.25) is 4.79 Å². The van der Waals surface area contributed by atoms with Gasteiger partial charge in [0.2, 0.25) is 11.9 Å². The summed E-state index contributed by atoms with van der Waals surface area (Å²) in [6, 6.07) is 2.11. The fourth-order valence-corrected chi connectivity index (χ4v) is 2.11. The number of rotatable bonds is 2. The van der Waals surface area contributed by atoms with Gasteiger partial charge in [-0.15, -0.1) is 0 Å². The Morgan fingerprint density at radius 1 is 1.59 bits per heavy atom. The second-order valence-electron chi connectivity index (χ2n) is 4.36. The van der Waals surface area contributed by atoms with Gasteiger partial charge < -0.3 is 16.0 Å². The Hall–Kier alpha value is -1.85. The molecule has 0 aliphatic carbocycles. The minimum Gasteiger partial charge on any atom is -0.368 e. The first-order chi connectivity index (χ1) is 8.04. The van der Waals surface area contributed by atoms with Crippen LogP contribution in [0.2, 0.25) is 0 Å². The minimum atomic E-state index is 0.00947. The molecule has 0 bridgehead atoms. The van der Waals surface area contributed by atoms with E-state index in [-0.39, 0.29) is 11.9 Å². The third-order valence-corrected chi connectivity index (χ3v) is 2.78. The lowest BCUT2D eigenvalue weighted by Gasteiger charge is -2.18. The molecule has 1 atom stereocenters. The molecule has 1 aromatic rings. The maximum atomic E-state index is 11.0. The smallest absolute Gasteiger partial charge is 0.222 e. The van der Waals surface area contributed by atoms with Crippen LogP contribution in [-0.4, -0.2) is 35.0 Å². The fourth-order valence-electron chi connectivity index (χ4n) is 2.11. The van der Waals surface area contributed by atoms with E-state index in [0.29, 0.717) is 5.95 Å². The molecule has 6 heteroatoms. The summed E-state index contributed by atoms with van der Waals surface area (Å²) in [5.41, 5.74) is 6.48. The average molecular weight is 235 g/mol. The van der Waals surface area contributed by atoms with Gasteiger partial charge in [-0.1, -0.05) is 0 Å². The summed E-state index contributed by atoms with van der Waals surface area (Å²) in [7, 11) is 0. The highest BCUT2D eigenvalue weighted by atomic mass is 16.1. The van der Waals surface area contributed by atoms with Crippen molar-refractivity contribution in [2.75, 3.05) is 23.7 Å². The Labute approximate surface area is 100 Å². The number of carbonyl (C=O) groups is 1. The Bertz CT molecular complexity index is 414. The molecule has 1 aliphatic heterocycles. The van der Waals surface area contributed by atoms with E-state index in [1.807, 2.05) is 13.0 Å². The van der Waals surface area contributed by atoms with Gasteiger partial charge in [0.15, 0.2) is 0 Å². The third-order valence-electron chi connectivity index (χ3n) is 2.78. The summed E-state index contributed by atoms with van der Waals surface area (Å²) >= 11 is 0. The molecule has 2 rings (SSSR count). The van der Waals surface area contributed by atoms with Crippen molar-refractivity contribution in [2.24, 2.45) is 0 Å². The zero-order valence-corrected chi connectivity index (χ0v) is 10.1. The van der Waals surface area contributed by atoms with Gasteiger partial charge in [0, 0.05) is 37.8 Å². The standard InChI is InChI=1S/C11H17N5O/c1-7-5-10(15-11(12)13-7)16-4-3-9(6-16)14-8(2)17/h5,9H,3-4,6H2,1-2H3,(H,14,17)(H2,12,13,15). The van der Waals surface area contributed by atoms with Crippen molar-refractivity contribution in [3.63, 3.8) is 0 Å². The lowest BCUT2D eigenvalue weighted by Crippen LogP contribution is -2.35. The number of hydrogen-bond donors (Lipinski definition) is 2. The van der Waals surface area contributed by atoms with Crippen LogP contribution in [0.15, 0.2) is 6.07 Å².